The first-order chi connectivity index (χ1) is 9.74. The van der Waals surface area contributed by atoms with Crippen molar-refractivity contribution in [2.45, 2.75) is 32.7 Å². The SMILES string of the molecule is CCNC(Cc1csc(C)n1)Cc1cn2ccsc2n1. The lowest BCUT2D eigenvalue weighted by molar-refractivity contribution is 0.513. The van der Waals surface area contributed by atoms with Crippen molar-refractivity contribution >= 4 is 27.6 Å². The molecule has 0 saturated heterocycles. The number of fused-ring (bicyclic) bond motifs is 1. The number of hydrogen-bond acceptors (Lipinski definition) is 5. The summed E-state index contributed by atoms with van der Waals surface area (Å²) in [5.74, 6) is 0. The second kappa shape index (κ2) is 6.03. The zero-order chi connectivity index (χ0) is 13.9. The Bertz CT molecular complexity index is 654. The van der Waals surface area contributed by atoms with Crippen LogP contribution in [0.1, 0.15) is 23.3 Å². The molecule has 0 radical (unpaired) electrons. The molecule has 0 fully saturated rings. The van der Waals surface area contributed by atoms with Gasteiger partial charge in [0, 0.05) is 42.0 Å². The number of thiazole rings is 2. The molecule has 0 aliphatic heterocycles. The van der Waals surface area contributed by atoms with Crippen molar-refractivity contribution in [2.24, 2.45) is 0 Å². The van der Waals surface area contributed by atoms with Gasteiger partial charge in [0.25, 0.3) is 0 Å². The molecular formula is C14H18N4S2. The Kier molecular flexibility index (Phi) is 4.14. The molecule has 0 aliphatic rings. The van der Waals surface area contributed by atoms with Crippen LogP contribution in [0.5, 0.6) is 0 Å². The van der Waals surface area contributed by atoms with E-state index < -0.39 is 0 Å². The fourth-order valence-electron chi connectivity index (χ4n) is 2.39. The maximum absolute atomic E-state index is 4.67. The molecule has 0 saturated carbocycles. The van der Waals surface area contributed by atoms with Crippen molar-refractivity contribution in [3.8, 4) is 0 Å². The van der Waals surface area contributed by atoms with Crippen LogP contribution in [0.3, 0.4) is 0 Å². The van der Waals surface area contributed by atoms with Crippen LogP contribution in [0.2, 0.25) is 0 Å². The summed E-state index contributed by atoms with van der Waals surface area (Å²) in [4.78, 5) is 10.3. The quantitative estimate of drug-likeness (QED) is 0.761. The summed E-state index contributed by atoms with van der Waals surface area (Å²) >= 11 is 3.40. The van der Waals surface area contributed by atoms with Gasteiger partial charge in [0.05, 0.1) is 16.4 Å². The van der Waals surface area contributed by atoms with E-state index in [0.717, 1.165) is 35.0 Å². The molecular weight excluding hydrogens is 288 g/mol. The summed E-state index contributed by atoms with van der Waals surface area (Å²) in [6, 6.07) is 0.395. The van der Waals surface area contributed by atoms with E-state index in [0.29, 0.717) is 6.04 Å². The Morgan fingerprint density at radius 1 is 1.25 bits per heavy atom. The second-order valence-corrected chi connectivity index (χ2v) is 6.78. The van der Waals surface area contributed by atoms with Crippen molar-refractivity contribution in [3.63, 3.8) is 0 Å². The summed E-state index contributed by atoms with van der Waals surface area (Å²) in [5.41, 5.74) is 2.33. The Hall–Kier alpha value is -1.24. The van der Waals surface area contributed by atoms with Crippen LogP contribution in [0.25, 0.3) is 4.96 Å². The van der Waals surface area contributed by atoms with E-state index in [1.54, 1.807) is 22.7 Å². The van der Waals surface area contributed by atoms with Crippen molar-refractivity contribution in [3.05, 3.63) is 39.5 Å². The number of likely N-dealkylation sites (N-methyl/N-ethyl adjacent to an activating group) is 1. The van der Waals surface area contributed by atoms with Gasteiger partial charge >= 0.3 is 0 Å². The minimum atomic E-state index is 0.395. The van der Waals surface area contributed by atoms with Gasteiger partial charge in [0.2, 0.25) is 0 Å². The molecule has 4 nitrogen and oxygen atoms in total. The Balaban J connectivity index is 1.71. The Labute approximate surface area is 126 Å². The monoisotopic (exact) mass is 306 g/mol. The lowest BCUT2D eigenvalue weighted by atomic mass is 10.1. The van der Waals surface area contributed by atoms with Gasteiger partial charge in [-0.1, -0.05) is 6.92 Å². The standard InChI is InChI=1S/C14H18N4S2/c1-3-15-11(7-13-9-20-10(2)16-13)6-12-8-18-4-5-19-14(18)17-12/h4-5,8-9,11,15H,3,6-7H2,1-2H3. The summed E-state index contributed by atoms with van der Waals surface area (Å²) < 4.78 is 2.09. The molecule has 106 valence electrons. The van der Waals surface area contributed by atoms with Crippen LogP contribution in [0, 0.1) is 6.92 Å². The smallest absolute Gasteiger partial charge is 0.193 e. The summed E-state index contributed by atoms with van der Waals surface area (Å²) in [6.07, 6.45) is 6.09. The van der Waals surface area contributed by atoms with Gasteiger partial charge in [-0.15, -0.1) is 22.7 Å². The molecule has 20 heavy (non-hydrogen) atoms. The van der Waals surface area contributed by atoms with E-state index >= 15 is 0 Å². The van der Waals surface area contributed by atoms with E-state index in [4.69, 9.17) is 0 Å². The number of rotatable bonds is 6. The minimum Gasteiger partial charge on any atom is -0.313 e. The normalized spacial score (nSPS) is 13.1. The van der Waals surface area contributed by atoms with E-state index in [-0.39, 0.29) is 0 Å². The molecule has 6 heteroatoms. The Morgan fingerprint density at radius 3 is 2.80 bits per heavy atom. The summed E-state index contributed by atoms with van der Waals surface area (Å²) in [5, 5.41) is 8.90. The first-order valence-corrected chi connectivity index (χ1v) is 8.56. The summed E-state index contributed by atoms with van der Waals surface area (Å²) in [7, 11) is 0. The number of nitrogens with one attached hydrogen (secondary N) is 1. The maximum atomic E-state index is 4.67. The van der Waals surface area contributed by atoms with E-state index in [9.17, 15) is 0 Å². The predicted molar refractivity (Wildman–Crippen MR) is 84.8 cm³/mol. The highest BCUT2D eigenvalue weighted by Gasteiger charge is 2.13. The average molecular weight is 306 g/mol. The van der Waals surface area contributed by atoms with Crippen molar-refractivity contribution < 1.29 is 0 Å². The molecule has 3 rings (SSSR count). The van der Waals surface area contributed by atoms with Gasteiger partial charge in [0.15, 0.2) is 4.96 Å². The average Bonchev–Trinajstić information content (AvgIpc) is 3.06. The van der Waals surface area contributed by atoms with Gasteiger partial charge in [-0.25, -0.2) is 9.97 Å². The third kappa shape index (κ3) is 3.08. The molecule has 0 aromatic carbocycles. The van der Waals surface area contributed by atoms with Crippen LogP contribution in [-0.4, -0.2) is 27.0 Å². The zero-order valence-corrected chi connectivity index (χ0v) is 13.3. The largest absolute Gasteiger partial charge is 0.313 e. The van der Waals surface area contributed by atoms with E-state index in [2.05, 4.69) is 56.7 Å². The highest BCUT2D eigenvalue weighted by Crippen LogP contribution is 2.15. The highest BCUT2D eigenvalue weighted by atomic mass is 32.1. The molecule has 1 N–H and O–H groups in total. The molecule has 3 aromatic rings. The fraction of sp³-hybridized carbons (Fsp3) is 0.429. The fourth-order valence-corrected chi connectivity index (χ4v) is 3.73. The third-order valence-electron chi connectivity index (χ3n) is 3.21. The minimum absolute atomic E-state index is 0.395. The van der Waals surface area contributed by atoms with Crippen molar-refractivity contribution in [1.29, 1.82) is 0 Å². The first-order valence-electron chi connectivity index (χ1n) is 6.80. The molecule has 0 bridgehead atoms. The molecule has 0 spiro atoms. The topological polar surface area (TPSA) is 42.2 Å². The second-order valence-electron chi connectivity index (χ2n) is 4.85. The van der Waals surface area contributed by atoms with Gasteiger partial charge in [0.1, 0.15) is 0 Å². The molecule has 0 amide bonds. The van der Waals surface area contributed by atoms with E-state index in [1.807, 2.05) is 0 Å². The molecule has 3 heterocycles. The van der Waals surface area contributed by atoms with Crippen LogP contribution >= 0.6 is 22.7 Å². The number of aromatic nitrogens is 3. The molecule has 0 aliphatic carbocycles. The number of nitrogens with zero attached hydrogens (tertiary/aromatic N) is 3. The van der Waals surface area contributed by atoms with Crippen LogP contribution in [-0.2, 0) is 12.8 Å². The van der Waals surface area contributed by atoms with Crippen LogP contribution in [0.4, 0.5) is 0 Å². The van der Waals surface area contributed by atoms with Crippen molar-refractivity contribution in [1.82, 2.24) is 19.7 Å². The van der Waals surface area contributed by atoms with Gasteiger partial charge in [-0.05, 0) is 13.5 Å². The van der Waals surface area contributed by atoms with Gasteiger partial charge in [-0.3, -0.25) is 4.40 Å². The maximum Gasteiger partial charge on any atom is 0.193 e. The lowest BCUT2D eigenvalue weighted by Crippen LogP contribution is -2.33. The van der Waals surface area contributed by atoms with Crippen molar-refractivity contribution in [2.75, 3.05) is 6.54 Å². The number of imidazole rings is 1. The first kappa shape index (κ1) is 13.7. The number of hydrogen-bond donors (Lipinski definition) is 1. The Morgan fingerprint density at radius 2 is 2.10 bits per heavy atom. The third-order valence-corrected chi connectivity index (χ3v) is 4.81. The molecule has 1 atom stereocenters. The zero-order valence-electron chi connectivity index (χ0n) is 11.7. The predicted octanol–water partition coefficient (Wildman–Crippen LogP) is 2.92. The van der Waals surface area contributed by atoms with Crippen LogP contribution < -0.4 is 5.32 Å². The molecule has 3 aromatic heterocycles. The molecule has 1 unspecified atom stereocenters. The number of aryl methyl sites for hydroxylation is 1. The summed E-state index contributed by atoms with van der Waals surface area (Å²) in [6.45, 7) is 5.17. The van der Waals surface area contributed by atoms with E-state index in [1.165, 1.54) is 5.69 Å². The van der Waals surface area contributed by atoms with Gasteiger partial charge < -0.3 is 5.32 Å². The van der Waals surface area contributed by atoms with Crippen LogP contribution in [0.15, 0.2) is 23.2 Å². The van der Waals surface area contributed by atoms with Gasteiger partial charge in [-0.2, -0.15) is 0 Å². The lowest BCUT2D eigenvalue weighted by Gasteiger charge is -2.15. The highest BCUT2D eigenvalue weighted by molar-refractivity contribution is 7.15.